The molecule has 0 unspecified atom stereocenters. The smallest absolute Gasteiger partial charge is 0.000664 e. The molecule has 0 aliphatic carbocycles. The van der Waals surface area contributed by atoms with Gasteiger partial charge in [-0.3, -0.25) is 0 Å². The van der Waals surface area contributed by atoms with Gasteiger partial charge in [0.15, 0.2) is 0 Å². The van der Waals surface area contributed by atoms with Gasteiger partial charge < -0.3 is 16.0 Å². The Labute approximate surface area is 120 Å². The zero-order valence-corrected chi connectivity index (χ0v) is 12.8. The van der Waals surface area contributed by atoms with Gasteiger partial charge in [-0.15, -0.1) is 0 Å². The lowest BCUT2D eigenvalue weighted by Crippen LogP contribution is -2.30. The van der Waals surface area contributed by atoms with E-state index in [1.807, 2.05) is 0 Å². The van der Waals surface area contributed by atoms with Crippen molar-refractivity contribution in [2.75, 3.05) is 39.3 Å². The second-order valence-corrected chi connectivity index (χ2v) is 5.92. The van der Waals surface area contributed by atoms with Gasteiger partial charge in [0, 0.05) is 0 Å². The van der Waals surface area contributed by atoms with Crippen LogP contribution in [0.1, 0.15) is 64.2 Å². The topological polar surface area (TPSA) is 41.3 Å². The van der Waals surface area contributed by atoms with Crippen LogP contribution < -0.4 is 11.1 Å². The van der Waals surface area contributed by atoms with Crippen molar-refractivity contribution >= 4 is 0 Å². The fourth-order valence-corrected chi connectivity index (χ4v) is 2.85. The minimum atomic E-state index is 0.805. The van der Waals surface area contributed by atoms with Gasteiger partial charge in [0.05, 0.1) is 0 Å². The van der Waals surface area contributed by atoms with Crippen molar-refractivity contribution in [1.82, 2.24) is 10.2 Å². The number of hydrogen-bond acceptors (Lipinski definition) is 3. The fraction of sp³-hybridized carbons (Fsp3) is 1.00. The van der Waals surface area contributed by atoms with Crippen LogP contribution in [0.5, 0.6) is 0 Å². The lowest BCUT2D eigenvalue weighted by molar-refractivity contribution is 0.259. The summed E-state index contributed by atoms with van der Waals surface area (Å²) in [7, 11) is 0. The van der Waals surface area contributed by atoms with Crippen molar-refractivity contribution in [3.8, 4) is 0 Å². The molecule has 0 radical (unpaired) electrons. The minimum absolute atomic E-state index is 0.805. The average molecular weight is 269 g/mol. The van der Waals surface area contributed by atoms with Crippen LogP contribution >= 0.6 is 0 Å². The third kappa shape index (κ3) is 10.3. The van der Waals surface area contributed by atoms with Crippen molar-refractivity contribution in [1.29, 1.82) is 0 Å². The summed E-state index contributed by atoms with van der Waals surface area (Å²) in [5, 5.41) is 3.48. The molecule has 0 atom stereocenters. The Morgan fingerprint density at radius 3 is 1.84 bits per heavy atom. The highest BCUT2D eigenvalue weighted by atomic mass is 15.1. The summed E-state index contributed by atoms with van der Waals surface area (Å²) in [5.41, 5.74) is 5.48. The largest absolute Gasteiger partial charge is 0.330 e. The summed E-state index contributed by atoms with van der Waals surface area (Å²) in [6.07, 6.45) is 13.9. The van der Waals surface area contributed by atoms with Crippen LogP contribution in [-0.2, 0) is 0 Å². The van der Waals surface area contributed by atoms with Crippen LogP contribution in [-0.4, -0.2) is 44.2 Å². The second-order valence-electron chi connectivity index (χ2n) is 5.92. The molecule has 1 aliphatic heterocycles. The van der Waals surface area contributed by atoms with Crippen LogP contribution in [0.25, 0.3) is 0 Å². The molecule has 1 heterocycles. The highest BCUT2D eigenvalue weighted by Crippen LogP contribution is 2.12. The minimum Gasteiger partial charge on any atom is -0.330 e. The molecular weight excluding hydrogens is 234 g/mol. The van der Waals surface area contributed by atoms with Crippen molar-refractivity contribution in [2.45, 2.75) is 64.2 Å². The Hall–Kier alpha value is -0.120. The second kappa shape index (κ2) is 12.9. The van der Waals surface area contributed by atoms with Gasteiger partial charge in [-0.25, -0.2) is 0 Å². The maximum absolute atomic E-state index is 5.48. The average Bonchev–Trinajstić information content (AvgIpc) is 2.48. The Morgan fingerprint density at radius 1 is 0.737 bits per heavy atom. The molecule has 0 saturated carbocycles. The third-order valence-electron chi connectivity index (χ3n) is 4.08. The number of nitrogens with two attached hydrogens (primary N) is 1. The van der Waals surface area contributed by atoms with Crippen LogP contribution in [0.2, 0.25) is 0 Å². The molecule has 19 heavy (non-hydrogen) atoms. The van der Waals surface area contributed by atoms with Crippen LogP contribution in [0.15, 0.2) is 0 Å². The molecule has 0 spiro atoms. The van der Waals surface area contributed by atoms with E-state index in [1.165, 1.54) is 77.4 Å². The van der Waals surface area contributed by atoms with E-state index in [0.29, 0.717) is 0 Å². The Balaban J connectivity index is 2.06. The maximum Gasteiger partial charge on any atom is -0.000664 e. The van der Waals surface area contributed by atoms with E-state index >= 15 is 0 Å². The number of nitrogens with one attached hydrogen (secondary N) is 1. The summed E-state index contributed by atoms with van der Waals surface area (Å²) in [6.45, 7) is 6.95. The molecule has 0 amide bonds. The summed E-state index contributed by atoms with van der Waals surface area (Å²) < 4.78 is 0. The van der Waals surface area contributed by atoms with Crippen molar-refractivity contribution in [3.05, 3.63) is 0 Å². The molecule has 1 aliphatic rings. The number of rotatable bonds is 7. The molecule has 0 bridgehead atoms. The predicted octanol–water partition coefficient (Wildman–Crippen LogP) is 2.75. The van der Waals surface area contributed by atoms with E-state index < -0.39 is 0 Å². The summed E-state index contributed by atoms with van der Waals surface area (Å²) >= 11 is 0. The van der Waals surface area contributed by atoms with E-state index in [9.17, 15) is 0 Å². The molecule has 0 aromatic rings. The van der Waals surface area contributed by atoms with Crippen molar-refractivity contribution < 1.29 is 0 Å². The lowest BCUT2D eigenvalue weighted by Gasteiger charge is -2.22. The highest BCUT2D eigenvalue weighted by molar-refractivity contribution is 4.62. The van der Waals surface area contributed by atoms with Gasteiger partial charge in [-0.2, -0.15) is 0 Å². The molecule has 1 fully saturated rings. The summed E-state index contributed by atoms with van der Waals surface area (Å²) in [6, 6.07) is 0. The predicted molar refractivity (Wildman–Crippen MR) is 84.5 cm³/mol. The molecule has 1 saturated heterocycles. The van der Waals surface area contributed by atoms with E-state index in [1.54, 1.807) is 0 Å². The maximum atomic E-state index is 5.48. The Morgan fingerprint density at radius 2 is 1.26 bits per heavy atom. The van der Waals surface area contributed by atoms with Gasteiger partial charge in [-0.1, -0.05) is 38.5 Å². The SMILES string of the molecule is NCCCNCCCN1CCCCCCCCCC1. The third-order valence-corrected chi connectivity index (χ3v) is 4.08. The molecule has 0 aromatic carbocycles. The lowest BCUT2D eigenvalue weighted by atomic mass is 10.1. The van der Waals surface area contributed by atoms with Gasteiger partial charge in [-0.05, 0) is 65.0 Å². The van der Waals surface area contributed by atoms with E-state index in [4.69, 9.17) is 5.73 Å². The van der Waals surface area contributed by atoms with Gasteiger partial charge >= 0.3 is 0 Å². The van der Waals surface area contributed by atoms with E-state index in [-0.39, 0.29) is 0 Å². The Kier molecular flexibility index (Phi) is 11.5. The first-order valence-corrected chi connectivity index (χ1v) is 8.56. The standard InChI is InChI=1S/C16H35N3/c17-11-9-12-18-13-10-16-19-14-7-5-3-1-2-4-6-8-15-19/h18H,1-17H2. The van der Waals surface area contributed by atoms with Gasteiger partial charge in [0.2, 0.25) is 0 Å². The van der Waals surface area contributed by atoms with E-state index in [2.05, 4.69) is 10.2 Å². The van der Waals surface area contributed by atoms with Gasteiger partial charge in [0.25, 0.3) is 0 Å². The highest BCUT2D eigenvalue weighted by Gasteiger charge is 2.05. The number of nitrogens with zero attached hydrogens (tertiary/aromatic N) is 1. The quantitative estimate of drug-likeness (QED) is 0.698. The zero-order valence-electron chi connectivity index (χ0n) is 12.8. The van der Waals surface area contributed by atoms with Crippen molar-refractivity contribution in [3.63, 3.8) is 0 Å². The first-order valence-electron chi connectivity index (χ1n) is 8.56. The Bertz CT molecular complexity index is 173. The molecule has 114 valence electrons. The molecule has 3 nitrogen and oxygen atoms in total. The van der Waals surface area contributed by atoms with Crippen molar-refractivity contribution in [2.24, 2.45) is 5.73 Å². The number of hydrogen-bond donors (Lipinski definition) is 2. The first-order chi connectivity index (χ1) is 9.43. The first kappa shape index (κ1) is 16.9. The van der Waals surface area contributed by atoms with Crippen LogP contribution in [0.3, 0.4) is 0 Å². The fourth-order valence-electron chi connectivity index (χ4n) is 2.85. The molecule has 3 N–H and O–H groups in total. The van der Waals surface area contributed by atoms with Crippen LogP contribution in [0.4, 0.5) is 0 Å². The van der Waals surface area contributed by atoms with Crippen LogP contribution in [0, 0.1) is 0 Å². The normalized spacial score (nSPS) is 20.1. The van der Waals surface area contributed by atoms with E-state index in [0.717, 1.165) is 26.1 Å². The molecule has 1 rings (SSSR count). The zero-order chi connectivity index (χ0) is 13.6. The molecule has 0 aromatic heterocycles. The summed E-state index contributed by atoms with van der Waals surface area (Å²) in [5.74, 6) is 0. The molecule has 3 heteroatoms. The summed E-state index contributed by atoms with van der Waals surface area (Å²) in [4.78, 5) is 2.69. The van der Waals surface area contributed by atoms with Gasteiger partial charge in [0.1, 0.15) is 0 Å². The monoisotopic (exact) mass is 269 g/mol. The molecular formula is C16H35N3.